The van der Waals surface area contributed by atoms with Gasteiger partial charge in [-0.05, 0) is 31.4 Å². The van der Waals surface area contributed by atoms with Gasteiger partial charge in [0.25, 0.3) is 0 Å². The summed E-state index contributed by atoms with van der Waals surface area (Å²) in [6, 6.07) is 10.1. The van der Waals surface area contributed by atoms with Crippen LogP contribution in [-0.4, -0.2) is 29.7 Å². The van der Waals surface area contributed by atoms with E-state index in [9.17, 15) is 9.59 Å². The maximum absolute atomic E-state index is 12.7. The van der Waals surface area contributed by atoms with E-state index in [0.29, 0.717) is 12.3 Å². The van der Waals surface area contributed by atoms with Gasteiger partial charge in [-0.3, -0.25) is 9.59 Å². The van der Waals surface area contributed by atoms with Gasteiger partial charge < -0.3 is 10.6 Å². The number of amides is 2. The first-order chi connectivity index (χ1) is 12.1. The van der Waals surface area contributed by atoms with Crippen molar-refractivity contribution in [2.45, 2.75) is 62.8 Å². The summed E-state index contributed by atoms with van der Waals surface area (Å²) in [5.74, 6) is 0.549. The van der Waals surface area contributed by atoms with Gasteiger partial charge in [0.1, 0.15) is 5.54 Å². The Kier molecular flexibility index (Phi) is 7.82. The van der Waals surface area contributed by atoms with Gasteiger partial charge in [0.05, 0.1) is 0 Å². The lowest BCUT2D eigenvalue weighted by Crippen LogP contribution is -2.60. The van der Waals surface area contributed by atoms with Crippen LogP contribution in [0.4, 0.5) is 0 Å². The van der Waals surface area contributed by atoms with E-state index in [1.807, 2.05) is 32.0 Å². The quantitative estimate of drug-likeness (QED) is 0.692. The molecule has 4 nitrogen and oxygen atoms in total. The van der Waals surface area contributed by atoms with E-state index < -0.39 is 5.54 Å². The van der Waals surface area contributed by atoms with Gasteiger partial charge in [-0.1, -0.05) is 51.3 Å². The van der Waals surface area contributed by atoms with Crippen molar-refractivity contribution in [2.24, 2.45) is 5.92 Å². The molecule has 0 saturated heterocycles. The molecule has 1 atom stereocenters. The molecule has 0 bridgehead atoms. The van der Waals surface area contributed by atoms with Crippen LogP contribution in [0.2, 0.25) is 0 Å². The topological polar surface area (TPSA) is 58.2 Å². The first-order valence-electron chi connectivity index (χ1n) is 9.35. The van der Waals surface area contributed by atoms with Crippen LogP contribution in [0, 0.1) is 5.92 Å². The molecule has 2 amide bonds. The molecule has 0 radical (unpaired) electrons. The molecule has 1 saturated carbocycles. The normalized spacial score (nSPS) is 17.5. The number of hydrogen-bond acceptors (Lipinski definition) is 3. The monoisotopic (exact) mass is 362 g/mol. The number of carbonyl (C=O) groups excluding carboxylic acids is 2. The molecule has 25 heavy (non-hydrogen) atoms. The van der Waals surface area contributed by atoms with Gasteiger partial charge in [0.2, 0.25) is 11.8 Å². The SMILES string of the molecule is CCCNC(=O)C1(NC(=O)C(C)CSc2ccccc2)CCCCC1. The smallest absolute Gasteiger partial charge is 0.245 e. The molecule has 1 aliphatic carbocycles. The standard InChI is InChI=1S/C20H30N2O2S/c1-3-14-21-19(24)20(12-8-5-9-13-20)22-18(23)16(2)15-25-17-10-6-4-7-11-17/h4,6-7,10-11,16H,3,5,8-9,12-15H2,1-2H3,(H,21,24)(H,22,23). The molecule has 0 spiro atoms. The van der Waals surface area contributed by atoms with Crippen molar-refractivity contribution in [3.05, 3.63) is 30.3 Å². The Morgan fingerprint density at radius 2 is 1.84 bits per heavy atom. The van der Waals surface area contributed by atoms with E-state index in [0.717, 1.165) is 43.4 Å². The number of nitrogens with one attached hydrogen (secondary N) is 2. The fraction of sp³-hybridized carbons (Fsp3) is 0.600. The second-order valence-electron chi connectivity index (χ2n) is 6.91. The summed E-state index contributed by atoms with van der Waals surface area (Å²) >= 11 is 1.68. The average Bonchev–Trinajstić information content (AvgIpc) is 2.65. The molecule has 2 rings (SSSR count). The molecular weight excluding hydrogens is 332 g/mol. The van der Waals surface area contributed by atoms with Gasteiger partial charge >= 0.3 is 0 Å². The van der Waals surface area contributed by atoms with E-state index in [-0.39, 0.29) is 17.7 Å². The molecule has 0 aliphatic heterocycles. The van der Waals surface area contributed by atoms with Crippen LogP contribution in [-0.2, 0) is 9.59 Å². The molecule has 1 aliphatic rings. The highest BCUT2D eigenvalue weighted by Gasteiger charge is 2.41. The van der Waals surface area contributed by atoms with Crippen molar-refractivity contribution in [3.63, 3.8) is 0 Å². The maximum atomic E-state index is 12.7. The van der Waals surface area contributed by atoms with Crippen LogP contribution in [0.15, 0.2) is 35.2 Å². The summed E-state index contributed by atoms with van der Waals surface area (Å²) in [4.78, 5) is 26.6. The van der Waals surface area contributed by atoms with Crippen LogP contribution in [0.5, 0.6) is 0 Å². The Morgan fingerprint density at radius 1 is 1.16 bits per heavy atom. The van der Waals surface area contributed by atoms with Gasteiger partial charge in [-0.25, -0.2) is 0 Å². The number of thioether (sulfide) groups is 1. The molecule has 0 heterocycles. The highest BCUT2D eigenvalue weighted by atomic mass is 32.2. The van der Waals surface area contributed by atoms with Crippen LogP contribution in [0.25, 0.3) is 0 Å². The zero-order chi connectivity index (χ0) is 18.1. The van der Waals surface area contributed by atoms with Crippen LogP contribution in [0.3, 0.4) is 0 Å². The number of hydrogen-bond donors (Lipinski definition) is 2. The van der Waals surface area contributed by atoms with E-state index >= 15 is 0 Å². The summed E-state index contributed by atoms with van der Waals surface area (Å²) < 4.78 is 0. The number of benzene rings is 1. The minimum Gasteiger partial charge on any atom is -0.354 e. The maximum Gasteiger partial charge on any atom is 0.245 e. The summed E-state index contributed by atoms with van der Waals surface area (Å²) in [7, 11) is 0. The third kappa shape index (κ3) is 5.77. The molecule has 0 aromatic heterocycles. The first kappa shape index (κ1) is 19.8. The third-order valence-electron chi connectivity index (χ3n) is 4.73. The molecule has 138 valence electrons. The van der Waals surface area contributed by atoms with E-state index in [1.165, 1.54) is 0 Å². The van der Waals surface area contributed by atoms with E-state index in [1.54, 1.807) is 11.8 Å². The molecule has 1 aromatic carbocycles. The van der Waals surface area contributed by atoms with E-state index in [2.05, 4.69) is 22.8 Å². The Labute approximate surface area is 155 Å². The molecule has 2 N–H and O–H groups in total. The Balaban J connectivity index is 1.94. The fourth-order valence-electron chi connectivity index (χ4n) is 3.14. The predicted octanol–water partition coefficient (Wildman–Crippen LogP) is 3.76. The number of carbonyl (C=O) groups is 2. The average molecular weight is 363 g/mol. The Bertz CT molecular complexity index is 556. The molecule has 5 heteroatoms. The Hall–Kier alpha value is -1.49. The third-order valence-corrected chi connectivity index (χ3v) is 6.00. The molecule has 1 unspecified atom stereocenters. The lowest BCUT2D eigenvalue weighted by Gasteiger charge is -2.37. The van der Waals surface area contributed by atoms with Gasteiger partial charge in [-0.15, -0.1) is 11.8 Å². The zero-order valence-electron chi connectivity index (χ0n) is 15.3. The minimum atomic E-state index is -0.712. The van der Waals surface area contributed by atoms with Crippen molar-refractivity contribution in [1.29, 1.82) is 0 Å². The minimum absolute atomic E-state index is 0.00897. The molecule has 1 fully saturated rings. The van der Waals surface area contributed by atoms with Crippen LogP contribution >= 0.6 is 11.8 Å². The van der Waals surface area contributed by atoms with Crippen molar-refractivity contribution in [1.82, 2.24) is 10.6 Å². The van der Waals surface area contributed by atoms with Crippen LogP contribution in [0.1, 0.15) is 52.4 Å². The summed E-state index contributed by atoms with van der Waals surface area (Å²) in [5, 5.41) is 6.10. The van der Waals surface area contributed by atoms with Crippen molar-refractivity contribution in [2.75, 3.05) is 12.3 Å². The lowest BCUT2D eigenvalue weighted by molar-refractivity contribution is -0.136. The van der Waals surface area contributed by atoms with E-state index in [4.69, 9.17) is 0 Å². The van der Waals surface area contributed by atoms with Crippen molar-refractivity contribution >= 4 is 23.6 Å². The molecular formula is C20H30N2O2S. The highest BCUT2D eigenvalue weighted by Crippen LogP contribution is 2.29. The zero-order valence-corrected chi connectivity index (χ0v) is 16.2. The second kappa shape index (κ2) is 9.85. The van der Waals surface area contributed by atoms with Gasteiger partial charge in [0.15, 0.2) is 0 Å². The van der Waals surface area contributed by atoms with Crippen molar-refractivity contribution in [3.8, 4) is 0 Å². The second-order valence-corrected chi connectivity index (χ2v) is 8.01. The summed E-state index contributed by atoms with van der Waals surface area (Å²) in [6.45, 7) is 4.64. The van der Waals surface area contributed by atoms with Gasteiger partial charge in [0, 0.05) is 23.1 Å². The fourth-order valence-corrected chi connectivity index (χ4v) is 4.09. The number of rotatable bonds is 8. The molecule has 1 aromatic rings. The van der Waals surface area contributed by atoms with Crippen LogP contribution < -0.4 is 10.6 Å². The summed E-state index contributed by atoms with van der Waals surface area (Å²) in [5.41, 5.74) is -0.712. The van der Waals surface area contributed by atoms with Crippen molar-refractivity contribution < 1.29 is 9.59 Å². The Morgan fingerprint density at radius 3 is 2.48 bits per heavy atom. The first-order valence-corrected chi connectivity index (χ1v) is 10.3. The lowest BCUT2D eigenvalue weighted by atomic mass is 9.80. The van der Waals surface area contributed by atoms with Gasteiger partial charge in [-0.2, -0.15) is 0 Å². The largest absolute Gasteiger partial charge is 0.354 e. The highest BCUT2D eigenvalue weighted by molar-refractivity contribution is 7.99. The predicted molar refractivity (Wildman–Crippen MR) is 104 cm³/mol. The summed E-state index contributed by atoms with van der Waals surface area (Å²) in [6.07, 6.45) is 5.51.